The van der Waals surface area contributed by atoms with Crippen LogP contribution in [0.2, 0.25) is 0 Å². The van der Waals surface area contributed by atoms with E-state index in [9.17, 15) is 0 Å². The van der Waals surface area contributed by atoms with E-state index in [4.69, 9.17) is 14.7 Å². The molecule has 8 aromatic rings. The Kier molecular flexibility index (Phi) is 5.18. The number of thiophene rings is 2. The van der Waals surface area contributed by atoms with Crippen molar-refractivity contribution in [2.75, 3.05) is 0 Å². The fourth-order valence-corrected chi connectivity index (χ4v) is 7.43. The molecule has 3 nitrogen and oxygen atoms in total. The first kappa shape index (κ1) is 22.4. The van der Waals surface area contributed by atoms with E-state index in [1.54, 1.807) is 0 Å². The summed E-state index contributed by atoms with van der Waals surface area (Å²) in [5, 5.41) is 5.15. The Labute approximate surface area is 232 Å². The van der Waals surface area contributed by atoms with Gasteiger partial charge in [-0.2, -0.15) is 0 Å². The van der Waals surface area contributed by atoms with Crippen molar-refractivity contribution in [2.45, 2.75) is 0 Å². The monoisotopic (exact) mass is 536 g/mol. The van der Waals surface area contributed by atoms with Gasteiger partial charge >= 0.3 is 0 Å². The summed E-state index contributed by atoms with van der Waals surface area (Å²) in [5.74, 6) is 1.04. The van der Waals surface area contributed by atoms with Gasteiger partial charge < -0.3 is 4.74 Å². The van der Waals surface area contributed by atoms with Gasteiger partial charge in [0.05, 0.1) is 11.4 Å². The summed E-state index contributed by atoms with van der Waals surface area (Å²) >= 11 is 3.62. The third-order valence-electron chi connectivity index (χ3n) is 7.01. The van der Waals surface area contributed by atoms with Gasteiger partial charge in [-0.25, -0.2) is 9.97 Å². The van der Waals surface area contributed by atoms with Gasteiger partial charge in [0.1, 0.15) is 0 Å². The fraction of sp³-hybridized carbons (Fsp3) is 0. The quantitative estimate of drug-likeness (QED) is 0.224. The zero-order chi connectivity index (χ0) is 25.8. The number of ether oxygens (including phenoxy) is 1. The van der Waals surface area contributed by atoms with Crippen molar-refractivity contribution < 1.29 is 4.74 Å². The molecule has 0 saturated heterocycles. The standard InChI is InChI=1S/C34H20N2OS2/c1-3-11-29-23(7-1)25-17-15-21(19-31(25)38-29)27-9-5-13-33(35-27)37-34-14-6-10-28(36-34)22-16-18-26-24-8-2-4-12-30(24)39-32(26)20-22/h1-20H. The lowest BCUT2D eigenvalue weighted by Crippen LogP contribution is -1.93. The highest BCUT2D eigenvalue weighted by molar-refractivity contribution is 7.26. The summed E-state index contributed by atoms with van der Waals surface area (Å²) < 4.78 is 11.3. The second-order valence-electron chi connectivity index (χ2n) is 9.44. The molecule has 8 rings (SSSR count). The average molecular weight is 537 g/mol. The van der Waals surface area contributed by atoms with Gasteiger partial charge in [0.2, 0.25) is 11.8 Å². The highest BCUT2D eigenvalue weighted by atomic mass is 32.1. The smallest absolute Gasteiger partial charge is 0.221 e. The van der Waals surface area contributed by atoms with Gasteiger partial charge in [0, 0.05) is 63.6 Å². The first-order chi connectivity index (χ1) is 19.3. The molecule has 4 aromatic carbocycles. The van der Waals surface area contributed by atoms with E-state index in [0.29, 0.717) is 11.8 Å². The van der Waals surface area contributed by atoms with Crippen LogP contribution in [0.3, 0.4) is 0 Å². The maximum absolute atomic E-state index is 6.16. The third-order valence-corrected chi connectivity index (χ3v) is 9.27. The molecule has 0 aliphatic carbocycles. The predicted molar refractivity (Wildman–Crippen MR) is 165 cm³/mol. The van der Waals surface area contributed by atoms with Crippen LogP contribution in [0.15, 0.2) is 121 Å². The lowest BCUT2D eigenvalue weighted by molar-refractivity contribution is 0.446. The second-order valence-corrected chi connectivity index (χ2v) is 11.6. The lowest BCUT2D eigenvalue weighted by Gasteiger charge is -2.08. The van der Waals surface area contributed by atoms with Crippen LogP contribution in [0.1, 0.15) is 0 Å². The summed E-state index contributed by atoms with van der Waals surface area (Å²) in [6.45, 7) is 0. The number of hydrogen-bond acceptors (Lipinski definition) is 5. The molecule has 0 N–H and O–H groups in total. The second kappa shape index (κ2) is 9.02. The van der Waals surface area contributed by atoms with Gasteiger partial charge in [-0.15, -0.1) is 22.7 Å². The maximum atomic E-state index is 6.16. The molecule has 0 atom stereocenters. The molecule has 39 heavy (non-hydrogen) atoms. The van der Waals surface area contributed by atoms with E-state index in [1.807, 2.05) is 59.1 Å². The van der Waals surface area contributed by atoms with Crippen molar-refractivity contribution in [2.24, 2.45) is 0 Å². The molecule has 0 radical (unpaired) electrons. The molecule has 0 bridgehead atoms. The summed E-state index contributed by atoms with van der Waals surface area (Å²) in [5.41, 5.74) is 3.88. The van der Waals surface area contributed by atoms with Gasteiger partial charge in [-0.3, -0.25) is 0 Å². The molecule has 5 heteroatoms. The molecular weight excluding hydrogens is 517 g/mol. The van der Waals surface area contributed by atoms with E-state index in [0.717, 1.165) is 22.5 Å². The highest BCUT2D eigenvalue weighted by Crippen LogP contribution is 2.37. The number of benzene rings is 4. The number of fused-ring (bicyclic) bond motifs is 6. The normalized spacial score (nSPS) is 11.6. The number of nitrogens with zero attached hydrogens (tertiary/aromatic N) is 2. The van der Waals surface area contributed by atoms with Crippen LogP contribution >= 0.6 is 22.7 Å². The molecule has 0 unspecified atom stereocenters. The molecule has 4 heterocycles. The molecule has 0 aliphatic heterocycles. The van der Waals surface area contributed by atoms with Crippen LogP contribution < -0.4 is 4.74 Å². The minimum atomic E-state index is 0.522. The zero-order valence-electron chi connectivity index (χ0n) is 20.7. The van der Waals surface area contributed by atoms with Crippen molar-refractivity contribution in [3.8, 4) is 34.3 Å². The number of hydrogen-bond donors (Lipinski definition) is 0. The first-order valence-electron chi connectivity index (χ1n) is 12.7. The molecule has 0 amide bonds. The minimum absolute atomic E-state index is 0.522. The number of rotatable bonds is 4. The van der Waals surface area contributed by atoms with Crippen LogP contribution in [-0.4, -0.2) is 9.97 Å². The Morgan fingerprint density at radius 2 is 0.872 bits per heavy atom. The Morgan fingerprint density at radius 3 is 1.38 bits per heavy atom. The number of aromatic nitrogens is 2. The van der Waals surface area contributed by atoms with E-state index in [-0.39, 0.29) is 0 Å². The first-order valence-corrected chi connectivity index (χ1v) is 14.4. The molecule has 0 spiro atoms. The fourth-order valence-electron chi connectivity index (χ4n) is 5.14. The van der Waals surface area contributed by atoms with Crippen LogP contribution in [0.4, 0.5) is 0 Å². The molecule has 0 saturated carbocycles. The van der Waals surface area contributed by atoms with Crippen molar-refractivity contribution in [3.05, 3.63) is 121 Å². The lowest BCUT2D eigenvalue weighted by atomic mass is 10.1. The minimum Gasteiger partial charge on any atom is -0.421 e. The third kappa shape index (κ3) is 3.95. The zero-order valence-corrected chi connectivity index (χ0v) is 22.3. The SMILES string of the molecule is c1cc(Oc2cccc(-c3ccc4c(c3)sc3ccccc34)n2)nc(-c2ccc3c(c2)sc2ccccc23)c1. The van der Waals surface area contributed by atoms with Crippen molar-refractivity contribution in [1.29, 1.82) is 0 Å². The van der Waals surface area contributed by atoms with Crippen molar-refractivity contribution >= 4 is 63.0 Å². The number of pyridine rings is 2. The van der Waals surface area contributed by atoms with Crippen LogP contribution in [0.5, 0.6) is 11.8 Å². The molecule has 184 valence electrons. The molecular formula is C34H20N2OS2. The van der Waals surface area contributed by atoms with E-state index < -0.39 is 0 Å². The van der Waals surface area contributed by atoms with Crippen LogP contribution in [-0.2, 0) is 0 Å². The van der Waals surface area contributed by atoms with Gasteiger partial charge in [-0.1, -0.05) is 72.8 Å². The van der Waals surface area contributed by atoms with E-state index >= 15 is 0 Å². The highest BCUT2D eigenvalue weighted by Gasteiger charge is 2.11. The Hall–Kier alpha value is -4.58. The molecule has 0 fully saturated rings. The van der Waals surface area contributed by atoms with Crippen LogP contribution in [0.25, 0.3) is 62.9 Å². The Balaban J connectivity index is 1.10. The van der Waals surface area contributed by atoms with Gasteiger partial charge in [-0.05, 0) is 36.4 Å². The summed E-state index contributed by atoms with van der Waals surface area (Å²) in [4.78, 5) is 9.62. The molecule has 4 aromatic heterocycles. The topological polar surface area (TPSA) is 35.0 Å². The molecule has 0 aliphatic rings. The summed E-state index contributed by atoms with van der Waals surface area (Å²) in [6.07, 6.45) is 0. The Morgan fingerprint density at radius 1 is 0.410 bits per heavy atom. The predicted octanol–water partition coefficient (Wildman–Crippen LogP) is 10.3. The summed E-state index contributed by atoms with van der Waals surface area (Å²) in [6, 6.07) is 41.9. The average Bonchev–Trinajstić information content (AvgIpc) is 3.55. The van der Waals surface area contributed by atoms with E-state index in [1.165, 1.54) is 40.3 Å². The van der Waals surface area contributed by atoms with Crippen LogP contribution in [0, 0.1) is 0 Å². The van der Waals surface area contributed by atoms with Crippen molar-refractivity contribution in [3.63, 3.8) is 0 Å². The largest absolute Gasteiger partial charge is 0.421 e. The van der Waals surface area contributed by atoms with E-state index in [2.05, 4.69) is 84.9 Å². The van der Waals surface area contributed by atoms with Crippen molar-refractivity contribution in [1.82, 2.24) is 9.97 Å². The van der Waals surface area contributed by atoms with Gasteiger partial charge in [0.15, 0.2) is 0 Å². The maximum Gasteiger partial charge on any atom is 0.221 e. The Bertz CT molecular complexity index is 2020. The van der Waals surface area contributed by atoms with Gasteiger partial charge in [0.25, 0.3) is 0 Å². The summed E-state index contributed by atoms with van der Waals surface area (Å²) in [7, 11) is 0.